The molecule has 2 rings (SSSR count). The average Bonchev–Trinajstić information content (AvgIpc) is 2.44. The highest BCUT2D eigenvalue weighted by molar-refractivity contribution is 7.56. The zero-order chi connectivity index (χ0) is 7.14. The van der Waals surface area contributed by atoms with E-state index >= 15 is 0 Å². The predicted octanol–water partition coefficient (Wildman–Crippen LogP) is 2.92. The molecule has 0 aromatic heterocycles. The molecule has 0 aliphatic heterocycles. The van der Waals surface area contributed by atoms with E-state index in [1.165, 1.54) is 0 Å². The first kappa shape index (κ1) is 7.10. The second-order valence-electron chi connectivity index (χ2n) is 4.21. The van der Waals surface area contributed by atoms with E-state index in [1.807, 2.05) is 0 Å². The quantitative estimate of drug-likeness (QED) is 0.512. The molecule has 3 atom stereocenters. The van der Waals surface area contributed by atoms with Crippen LogP contribution in [-0.2, 0) is 0 Å². The second-order valence-corrected chi connectivity index (χ2v) is 6.80. The van der Waals surface area contributed by atoms with Crippen molar-refractivity contribution in [2.45, 2.75) is 31.3 Å². The van der Waals surface area contributed by atoms with Crippen LogP contribution in [0.15, 0.2) is 0 Å². The van der Waals surface area contributed by atoms with Crippen molar-refractivity contribution in [2.24, 2.45) is 11.8 Å². The Morgan fingerprint density at radius 1 is 1.10 bits per heavy atom. The summed E-state index contributed by atoms with van der Waals surface area (Å²) < 4.78 is 0. The van der Waals surface area contributed by atoms with Gasteiger partial charge in [0.05, 0.1) is 0 Å². The molecular weight excluding hydrogens is 139 g/mol. The molecule has 0 nitrogen and oxygen atoms in total. The summed E-state index contributed by atoms with van der Waals surface area (Å²) in [6, 6.07) is 0. The Morgan fingerprint density at radius 3 is 2.20 bits per heavy atom. The molecular formula is C9H17P. The van der Waals surface area contributed by atoms with Gasteiger partial charge < -0.3 is 0 Å². The summed E-state index contributed by atoms with van der Waals surface area (Å²) in [5.41, 5.74) is 1.16. The van der Waals surface area contributed by atoms with Crippen LogP contribution in [-0.4, -0.2) is 19.0 Å². The molecule has 0 spiro atoms. The third-order valence-corrected chi connectivity index (χ3v) is 5.32. The number of fused-ring (bicyclic) bond motifs is 2. The lowest BCUT2D eigenvalue weighted by molar-refractivity contribution is 0.488. The van der Waals surface area contributed by atoms with E-state index in [2.05, 4.69) is 13.3 Å². The van der Waals surface area contributed by atoms with Crippen LogP contribution in [0.3, 0.4) is 0 Å². The minimum atomic E-state index is 0.384. The lowest BCUT2D eigenvalue weighted by atomic mass is 10.0. The van der Waals surface area contributed by atoms with E-state index in [-0.39, 0.29) is 0 Å². The molecule has 2 fully saturated rings. The summed E-state index contributed by atoms with van der Waals surface area (Å²) in [5.74, 6) is 2.31. The lowest BCUT2D eigenvalue weighted by Crippen LogP contribution is -2.13. The number of hydrogen-bond donors (Lipinski definition) is 0. The van der Waals surface area contributed by atoms with Gasteiger partial charge in [-0.2, -0.15) is 0 Å². The van der Waals surface area contributed by atoms with E-state index in [4.69, 9.17) is 0 Å². The fraction of sp³-hybridized carbons (Fsp3) is 1.00. The second kappa shape index (κ2) is 2.48. The maximum absolute atomic E-state index is 2.46. The maximum Gasteiger partial charge on any atom is -0.0183 e. The molecule has 1 heteroatoms. The van der Waals surface area contributed by atoms with Crippen molar-refractivity contribution in [1.29, 1.82) is 0 Å². The van der Waals surface area contributed by atoms with E-state index < -0.39 is 0 Å². The normalized spacial score (nSPS) is 45.3. The van der Waals surface area contributed by atoms with E-state index in [0.717, 1.165) is 17.5 Å². The van der Waals surface area contributed by atoms with Crippen LogP contribution in [0.25, 0.3) is 0 Å². The van der Waals surface area contributed by atoms with Crippen molar-refractivity contribution in [3.8, 4) is 0 Å². The largest absolute Gasteiger partial charge is 0.110 e. The molecule has 0 unspecified atom stereocenters. The van der Waals surface area contributed by atoms with Gasteiger partial charge in [0.2, 0.25) is 0 Å². The Bertz CT molecular complexity index is 131. The van der Waals surface area contributed by atoms with Crippen molar-refractivity contribution in [2.75, 3.05) is 13.3 Å². The highest BCUT2D eigenvalue weighted by Gasteiger charge is 2.40. The summed E-state index contributed by atoms with van der Waals surface area (Å²) in [6.45, 7) is 4.92. The molecule has 2 bridgehead atoms. The van der Waals surface area contributed by atoms with Crippen molar-refractivity contribution in [1.82, 2.24) is 0 Å². The van der Waals surface area contributed by atoms with Gasteiger partial charge in [0.15, 0.2) is 0 Å². The molecule has 0 radical (unpaired) electrons. The first-order chi connectivity index (χ1) is 4.77. The Balaban J connectivity index is 2.02. The minimum Gasteiger partial charge on any atom is -0.110 e. The van der Waals surface area contributed by atoms with Crippen molar-refractivity contribution < 1.29 is 0 Å². The first-order valence-corrected chi connectivity index (χ1v) is 6.74. The first-order valence-electron chi connectivity index (χ1n) is 4.44. The van der Waals surface area contributed by atoms with Crippen LogP contribution in [0, 0.1) is 11.8 Å². The van der Waals surface area contributed by atoms with E-state index in [9.17, 15) is 0 Å². The Hall–Kier alpha value is 0.430. The van der Waals surface area contributed by atoms with Crippen LogP contribution < -0.4 is 0 Å². The van der Waals surface area contributed by atoms with Crippen LogP contribution in [0.2, 0.25) is 0 Å². The van der Waals surface area contributed by atoms with Gasteiger partial charge in [0.1, 0.15) is 0 Å². The average molecular weight is 156 g/mol. The SMILES string of the molecule is CP(C)[C@H]1C[C@@H]2CC[C@H]1C2. The van der Waals surface area contributed by atoms with Gasteiger partial charge in [0, 0.05) is 0 Å². The molecule has 0 N–H and O–H groups in total. The van der Waals surface area contributed by atoms with Crippen molar-refractivity contribution in [3.63, 3.8) is 0 Å². The van der Waals surface area contributed by atoms with Crippen LogP contribution in [0.5, 0.6) is 0 Å². The fourth-order valence-electron chi connectivity index (χ4n) is 2.84. The molecule has 2 saturated carbocycles. The fourth-order valence-corrected chi connectivity index (χ4v) is 4.68. The smallest absolute Gasteiger partial charge is 0.0183 e. The van der Waals surface area contributed by atoms with E-state index in [1.54, 1.807) is 25.7 Å². The number of hydrogen-bond acceptors (Lipinski definition) is 0. The summed E-state index contributed by atoms with van der Waals surface area (Å²) in [5, 5.41) is 0. The molecule has 2 aliphatic rings. The van der Waals surface area contributed by atoms with E-state index in [0.29, 0.717) is 7.92 Å². The van der Waals surface area contributed by atoms with Gasteiger partial charge in [-0.3, -0.25) is 0 Å². The van der Waals surface area contributed by atoms with Gasteiger partial charge in [0.25, 0.3) is 0 Å². The van der Waals surface area contributed by atoms with Crippen LogP contribution in [0.4, 0.5) is 0 Å². The Labute approximate surface area is 65.1 Å². The van der Waals surface area contributed by atoms with Gasteiger partial charge in [-0.05, 0) is 50.1 Å². The monoisotopic (exact) mass is 156 g/mol. The molecule has 0 aromatic rings. The van der Waals surface area contributed by atoms with Crippen molar-refractivity contribution in [3.05, 3.63) is 0 Å². The summed E-state index contributed by atoms with van der Waals surface area (Å²) in [6.07, 6.45) is 6.30. The minimum absolute atomic E-state index is 0.384. The Morgan fingerprint density at radius 2 is 1.90 bits per heavy atom. The van der Waals surface area contributed by atoms with Crippen LogP contribution in [0.1, 0.15) is 25.7 Å². The molecule has 10 heavy (non-hydrogen) atoms. The van der Waals surface area contributed by atoms with Gasteiger partial charge in [-0.15, -0.1) is 7.92 Å². The van der Waals surface area contributed by atoms with Gasteiger partial charge in [-0.25, -0.2) is 0 Å². The maximum atomic E-state index is 2.46. The summed E-state index contributed by atoms with van der Waals surface area (Å²) in [4.78, 5) is 0. The molecule has 0 saturated heterocycles. The van der Waals surface area contributed by atoms with Crippen LogP contribution >= 0.6 is 7.92 Å². The lowest BCUT2D eigenvalue weighted by Gasteiger charge is -2.25. The Kier molecular flexibility index (Phi) is 1.76. The number of rotatable bonds is 1. The standard InChI is InChI=1S/C9H17P/c1-10(2)9-6-7-3-4-8(9)5-7/h7-9H,3-6H2,1-2H3/t7-,8+,9+/m1/s1. The summed E-state index contributed by atoms with van der Waals surface area (Å²) >= 11 is 0. The summed E-state index contributed by atoms with van der Waals surface area (Å²) in [7, 11) is 0.384. The topological polar surface area (TPSA) is 0 Å². The highest BCUT2D eigenvalue weighted by atomic mass is 31.1. The molecule has 58 valence electrons. The predicted molar refractivity (Wildman–Crippen MR) is 48.0 cm³/mol. The molecule has 2 aliphatic carbocycles. The molecule has 0 amide bonds. The van der Waals surface area contributed by atoms with Gasteiger partial charge >= 0.3 is 0 Å². The van der Waals surface area contributed by atoms with Crippen molar-refractivity contribution >= 4 is 7.92 Å². The highest BCUT2D eigenvalue weighted by Crippen LogP contribution is 2.55. The zero-order valence-corrected chi connectivity index (χ0v) is 7.90. The van der Waals surface area contributed by atoms with Gasteiger partial charge in [-0.1, -0.05) is 6.42 Å². The zero-order valence-electron chi connectivity index (χ0n) is 7.01. The molecule has 0 heterocycles. The third kappa shape index (κ3) is 1.01. The third-order valence-electron chi connectivity index (χ3n) is 3.36. The molecule has 0 aromatic carbocycles.